The Morgan fingerprint density at radius 3 is 2.23 bits per heavy atom. The molecule has 0 unspecified atom stereocenters. The van der Waals surface area contributed by atoms with Crippen molar-refractivity contribution in [2.24, 2.45) is 11.1 Å². The van der Waals surface area contributed by atoms with E-state index < -0.39 is 0 Å². The van der Waals surface area contributed by atoms with Crippen LogP contribution in [0.4, 0.5) is 0 Å². The molecule has 4 nitrogen and oxygen atoms in total. The molecule has 0 atom stereocenters. The lowest BCUT2D eigenvalue weighted by Crippen LogP contribution is -2.49. The number of nitrogens with two attached hydrogens (primary N) is 1. The Morgan fingerprint density at radius 1 is 1.23 bits per heavy atom. The number of rotatable bonds is 5. The largest absolute Gasteiger partial charge is 0.508 e. The molecule has 3 N–H and O–H groups in total. The molecule has 1 saturated heterocycles. The van der Waals surface area contributed by atoms with E-state index in [9.17, 15) is 9.90 Å². The number of carbonyl (C=O) groups is 1. The van der Waals surface area contributed by atoms with Gasteiger partial charge in [0.15, 0.2) is 0 Å². The summed E-state index contributed by atoms with van der Waals surface area (Å²) in [4.78, 5) is 14.8. The second-order valence-corrected chi connectivity index (χ2v) is 6.35. The average molecular weight is 304 g/mol. The van der Waals surface area contributed by atoms with Gasteiger partial charge >= 0.3 is 0 Å². The Labute approximate surface area is 133 Å². The van der Waals surface area contributed by atoms with Gasteiger partial charge in [-0.05, 0) is 49.3 Å². The first-order valence-electron chi connectivity index (χ1n) is 8.34. The van der Waals surface area contributed by atoms with Gasteiger partial charge < -0.3 is 15.7 Å². The summed E-state index contributed by atoms with van der Waals surface area (Å²) in [6.45, 7) is 6.13. The third-order valence-corrected chi connectivity index (χ3v) is 5.34. The average Bonchev–Trinajstić information content (AvgIpc) is 2.58. The number of carbonyl (C=O) groups excluding carboxylic acids is 1. The molecule has 4 heteroatoms. The van der Waals surface area contributed by atoms with Crippen LogP contribution in [0, 0.1) is 5.41 Å². The van der Waals surface area contributed by atoms with Gasteiger partial charge in [0.25, 0.3) is 0 Å². The van der Waals surface area contributed by atoms with Gasteiger partial charge in [-0.2, -0.15) is 0 Å². The lowest BCUT2D eigenvalue weighted by atomic mass is 9.80. The van der Waals surface area contributed by atoms with Gasteiger partial charge in [0, 0.05) is 19.6 Å². The van der Waals surface area contributed by atoms with Crippen LogP contribution in [0.1, 0.15) is 51.0 Å². The van der Waals surface area contributed by atoms with Crippen molar-refractivity contribution in [3.8, 4) is 5.75 Å². The zero-order chi connectivity index (χ0) is 16.2. The first-order chi connectivity index (χ1) is 10.6. The Balaban J connectivity index is 1.99. The number of piperidine rings is 1. The SMILES string of the molecule is CCC(CC)(CN)C(=O)N1CCC(c2ccc(O)cc2)CC1. The molecule has 22 heavy (non-hydrogen) atoms. The summed E-state index contributed by atoms with van der Waals surface area (Å²) in [6.07, 6.45) is 3.56. The topological polar surface area (TPSA) is 66.6 Å². The second-order valence-electron chi connectivity index (χ2n) is 6.35. The summed E-state index contributed by atoms with van der Waals surface area (Å²) < 4.78 is 0. The fourth-order valence-electron chi connectivity index (χ4n) is 3.43. The van der Waals surface area contributed by atoms with Crippen molar-refractivity contribution >= 4 is 5.91 Å². The van der Waals surface area contributed by atoms with Gasteiger partial charge in [-0.1, -0.05) is 26.0 Å². The van der Waals surface area contributed by atoms with Gasteiger partial charge in [-0.3, -0.25) is 4.79 Å². The van der Waals surface area contributed by atoms with Crippen LogP contribution in [-0.4, -0.2) is 35.5 Å². The predicted octanol–water partition coefficient (Wildman–Crippen LogP) is 2.86. The minimum atomic E-state index is -0.384. The number of aromatic hydroxyl groups is 1. The first-order valence-corrected chi connectivity index (χ1v) is 8.34. The van der Waals surface area contributed by atoms with E-state index in [0.29, 0.717) is 18.2 Å². The molecule has 1 aromatic carbocycles. The van der Waals surface area contributed by atoms with Crippen molar-refractivity contribution in [3.63, 3.8) is 0 Å². The lowest BCUT2D eigenvalue weighted by molar-refractivity contribution is -0.143. The standard InChI is InChI=1S/C18H28N2O2/c1-3-18(4-2,13-19)17(22)20-11-9-15(10-12-20)14-5-7-16(21)8-6-14/h5-8,15,21H,3-4,9-13,19H2,1-2H3. The van der Waals surface area contributed by atoms with Crippen LogP contribution in [-0.2, 0) is 4.79 Å². The Kier molecular flexibility index (Phi) is 5.46. The smallest absolute Gasteiger partial charge is 0.230 e. The molecular weight excluding hydrogens is 276 g/mol. The van der Waals surface area contributed by atoms with E-state index >= 15 is 0 Å². The number of amides is 1. The molecular formula is C18H28N2O2. The molecule has 122 valence electrons. The molecule has 0 bridgehead atoms. The van der Waals surface area contributed by atoms with Crippen molar-refractivity contribution in [2.45, 2.75) is 45.4 Å². The molecule has 0 aliphatic carbocycles. The summed E-state index contributed by atoms with van der Waals surface area (Å²) in [7, 11) is 0. The molecule has 0 spiro atoms. The van der Waals surface area contributed by atoms with E-state index in [1.807, 2.05) is 17.0 Å². The summed E-state index contributed by atoms with van der Waals surface area (Å²) in [5.74, 6) is 0.999. The van der Waals surface area contributed by atoms with Crippen molar-refractivity contribution in [1.82, 2.24) is 4.90 Å². The Morgan fingerprint density at radius 2 is 1.77 bits per heavy atom. The molecule has 1 aliphatic rings. The van der Waals surface area contributed by atoms with E-state index in [2.05, 4.69) is 13.8 Å². The normalized spacial score (nSPS) is 16.8. The number of phenols is 1. The van der Waals surface area contributed by atoms with E-state index in [1.165, 1.54) is 5.56 Å². The summed E-state index contributed by atoms with van der Waals surface area (Å²) >= 11 is 0. The molecule has 1 fully saturated rings. The third-order valence-electron chi connectivity index (χ3n) is 5.34. The highest BCUT2D eigenvalue weighted by molar-refractivity contribution is 5.83. The van der Waals surface area contributed by atoms with E-state index in [1.54, 1.807) is 12.1 Å². The lowest BCUT2D eigenvalue weighted by Gasteiger charge is -2.39. The maximum absolute atomic E-state index is 12.8. The maximum Gasteiger partial charge on any atom is 0.230 e. The van der Waals surface area contributed by atoms with Gasteiger partial charge in [-0.25, -0.2) is 0 Å². The fraction of sp³-hybridized carbons (Fsp3) is 0.611. The van der Waals surface area contributed by atoms with Crippen LogP contribution in [0.3, 0.4) is 0 Å². The number of benzene rings is 1. The van der Waals surface area contributed by atoms with Crippen LogP contribution in [0.25, 0.3) is 0 Å². The highest BCUT2D eigenvalue weighted by Gasteiger charge is 2.38. The van der Waals surface area contributed by atoms with Crippen LogP contribution >= 0.6 is 0 Å². The molecule has 0 saturated carbocycles. The number of likely N-dealkylation sites (tertiary alicyclic amines) is 1. The summed E-state index contributed by atoms with van der Waals surface area (Å²) in [5.41, 5.74) is 6.77. The van der Waals surface area contributed by atoms with E-state index in [4.69, 9.17) is 5.73 Å². The Hall–Kier alpha value is -1.55. The summed E-state index contributed by atoms with van der Waals surface area (Å²) in [5, 5.41) is 9.38. The second kappa shape index (κ2) is 7.14. The molecule has 1 aliphatic heterocycles. The predicted molar refractivity (Wildman–Crippen MR) is 88.7 cm³/mol. The monoisotopic (exact) mass is 304 g/mol. The minimum absolute atomic E-state index is 0.226. The van der Waals surface area contributed by atoms with Gasteiger partial charge in [0.05, 0.1) is 5.41 Å². The van der Waals surface area contributed by atoms with Crippen molar-refractivity contribution in [1.29, 1.82) is 0 Å². The summed E-state index contributed by atoms with van der Waals surface area (Å²) in [6, 6.07) is 7.44. The van der Waals surface area contributed by atoms with E-state index in [-0.39, 0.29) is 11.3 Å². The van der Waals surface area contributed by atoms with E-state index in [0.717, 1.165) is 38.8 Å². The number of phenolic OH excluding ortho intramolecular Hbond substituents is 1. The fourth-order valence-corrected chi connectivity index (χ4v) is 3.43. The number of hydrogen-bond donors (Lipinski definition) is 2. The molecule has 1 aromatic rings. The van der Waals surface area contributed by atoms with Crippen LogP contribution in [0.5, 0.6) is 5.75 Å². The molecule has 0 radical (unpaired) electrons. The van der Waals surface area contributed by atoms with Gasteiger partial charge in [0.2, 0.25) is 5.91 Å². The maximum atomic E-state index is 12.8. The van der Waals surface area contributed by atoms with Crippen LogP contribution in [0.2, 0.25) is 0 Å². The van der Waals surface area contributed by atoms with Gasteiger partial charge in [0.1, 0.15) is 5.75 Å². The minimum Gasteiger partial charge on any atom is -0.508 e. The van der Waals surface area contributed by atoms with Crippen molar-refractivity contribution < 1.29 is 9.90 Å². The van der Waals surface area contributed by atoms with Crippen LogP contribution < -0.4 is 5.73 Å². The molecule has 0 aromatic heterocycles. The highest BCUT2D eigenvalue weighted by Crippen LogP contribution is 2.33. The van der Waals surface area contributed by atoms with Crippen molar-refractivity contribution in [3.05, 3.63) is 29.8 Å². The van der Waals surface area contributed by atoms with Gasteiger partial charge in [-0.15, -0.1) is 0 Å². The number of hydrogen-bond acceptors (Lipinski definition) is 3. The Bertz CT molecular complexity index is 478. The quantitative estimate of drug-likeness (QED) is 0.879. The highest BCUT2D eigenvalue weighted by atomic mass is 16.3. The zero-order valence-electron chi connectivity index (χ0n) is 13.7. The first kappa shape index (κ1) is 16.8. The zero-order valence-corrected chi connectivity index (χ0v) is 13.7. The molecule has 2 rings (SSSR count). The third kappa shape index (κ3) is 3.27. The molecule has 1 heterocycles. The number of nitrogens with zero attached hydrogens (tertiary/aromatic N) is 1. The van der Waals surface area contributed by atoms with Crippen LogP contribution in [0.15, 0.2) is 24.3 Å². The molecule has 1 amide bonds. The van der Waals surface area contributed by atoms with Crippen molar-refractivity contribution in [2.75, 3.05) is 19.6 Å².